The van der Waals surface area contributed by atoms with Gasteiger partial charge in [-0.15, -0.1) is 22.7 Å². The molecular formula is C14H9Br3S2. The van der Waals surface area contributed by atoms with Gasteiger partial charge < -0.3 is 0 Å². The van der Waals surface area contributed by atoms with Gasteiger partial charge in [0.05, 0.1) is 27.0 Å². The van der Waals surface area contributed by atoms with Crippen LogP contribution in [0.1, 0.15) is 11.1 Å². The van der Waals surface area contributed by atoms with E-state index < -0.39 is 0 Å². The second-order valence-corrected chi connectivity index (χ2v) is 9.41. The van der Waals surface area contributed by atoms with E-state index in [0.717, 1.165) is 8.26 Å². The van der Waals surface area contributed by atoms with Gasteiger partial charge in [0.1, 0.15) is 0 Å². The average Bonchev–Trinajstić information content (AvgIpc) is 2.78. The summed E-state index contributed by atoms with van der Waals surface area (Å²) < 4.78 is 6.12. The van der Waals surface area contributed by atoms with Gasteiger partial charge in [-0.3, -0.25) is 0 Å². The highest BCUT2D eigenvalue weighted by atomic mass is 79.9. The number of hydrogen-bond donors (Lipinski definition) is 0. The lowest BCUT2D eigenvalue weighted by Crippen LogP contribution is -1.80. The summed E-state index contributed by atoms with van der Waals surface area (Å²) in [6, 6.07) is 6.70. The highest BCUT2D eigenvalue weighted by Gasteiger charge is 2.18. The summed E-state index contributed by atoms with van der Waals surface area (Å²) in [5.41, 5.74) is 3.90. The zero-order valence-corrected chi connectivity index (χ0v) is 16.6. The fourth-order valence-electron chi connectivity index (χ4n) is 2.15. The van der Waals surface area contributed by atoms with Crippen LogP contribution in [0.2, 0.25) is 0 Å². The van der Waals surface area contributed by atoms with Crippen molar-refractivity contribution in [1.29, 1.82) is 0 Å². The van der Waals surface area contributed by atoms with Crippen LogP contribution in [-0.2, 0) is 0 Å². The second-order valence-electron chi connectivity index (χ2n) is 4.47. The highest BCUT2D eigenvalue weighted by molar-refractivity contribution is 9.13. The maximum Gasteiger partial charge on any atom is 0.0862 e. The molecule has 0 spiro atoms. The van der Waals surface area contributed by atoms with Gasteiger partial charge >= 0.3 is 0 Å². The van der Waals surface area contributed by atoms with E-state index >= 15 is 0 Å². The third-order valence-corrected chi connectivity index (χ3v) is 9.29. The summed E-state index contributed by atoms with van der Waals surface area (Å²) in [6.45, 7) is 4.29. The Morgan fingerprint density at radius 2 is 1.37 bits per heavy atom. The summed E-state index contributed by atoms with van der Waals surface area (Å²) in [6.07, 6.45) is 0. The fourth-order valence-corrected chi connectivity index (χ4v) is 6.98. The predicted molar refractivity (Wildman–Crippen MR) is 97.7 cm³/mol. The van der Waals surface area contributed by atoms with Crippen LogP contribution in [0.5, 0.6) is 0 Å². The standard InChI is InChI=1S/C14H9Br3S2/c1-6-3-7(2)5-8(4-6)11-9(15)12-13(18-11)10(16)14(17)19-12/h3-5H,1-2H3. The van der Waals surface area contributed by atoms with E-state index in [1.54, 1.807) is 11.3 Å². The largest absolute Gasteiger partial charge is 0.132 e. The van der Waals surface area contributed by atoms with Crippen molar-refractivity contribution in [2.45, 2.75) is 13.8 Å². The molecule has 1 aromatic carbocycles. The Kier molecular flexibility index (Phi) is 3.95. The molecule has 0 aliphatic rings. The second kappa shape index (κ2) is 5.26. The number of aryl methyl sites for hydroxylation is 2. The van der Waals surface area contributed by atoms with Crippen LogP contribution in [0.3, 0.4) is 0 Å². The lowest BCUT2D eigenvalue weighted by Gasteiger charge is -2.03. The van der Waals surface area contributed by atoms with Crippen LogP contribution >= 0.6 is 70.5 Å². The van der Waals surface area contributed by atoms with Gasteiger partial charge in [0.15, 0.2) is 0 Å². The molecule has 0 nitrogen and oxygen atoms in total. The first-order valence-corrected chi connectivity index (χ1v) is 9.63. The Labute approximate surface area is 145 Å². The third-order valence-electron chi connectivity index (χ3n) is 2.86. The van der Waals surface area contributed by atoms with Crippen molar-refractivity contribution in [1.82, 2.24) is 0 Å². The number of halogens is 3. The smallest absolute Gasteiger partial charge is 0.0862 e. The first-order valence-electron chi connectivity index (χ1n) is 5.62. The summed E-state index contributed by atoms with van der Waals surface area (Å²) >= 11 is 14.6. The van der Waals surface area contributed by atoms with Crippen molar-refractivity contribution in [3.05, 3.63) is 42.1 Å². The van der Waals surface area contributed by atoms with E-state index in [0.29, 0.717) is 0 Å². The topological polar surface area (TPSA) is 0 Å². The van der Waals surface area contributed by atoms with Gasteiger partial charge in [-0.05, 0) is 67.2 Å². The first kappa shape index (κ1) is 14.3. The highest BCUT2D eigenvalue weighted by Crippen LogP contribution is 2.51. The SMILES string of the molecule is Cc1cc(C)cc(-c2sc3c(Br)c(Br)sc3c2Br)c1. The van der Waals surface area contributed by atoms with Crippen LogP contribution in [0.25, 0.3) is 19.8 Å². The Morgan fingerprint density at radius 3 is 1.95 bits per heavy atom. The molecule has 0 aliphatic carbocycles. The van der Waals surface area contributed by atoms with E-state index in [1.165, 1.54) is 35.4 Å². The Morgan fingerprint density at radius 1 is 0.789 bits per heavy atom. The van der Waals surface area contributed by atoms with Crippen LogP contribution in [0.15, 0.2) is 30.9 Å². The van der Waals surface area contributed by atoms with Crippen molar-refractivity contribution >= 4 is 79.9 Å². The van der Waals surface area contributed by atoms with Crippen LogP contribution < -0.4 is 0 Å². The van der Waals surface area contributed by atoms with Gasteiger partial charge in [-0.25, -0.2) is 0 Å². The van der Waals surface area contributed by atoms with Crippen LogP contribution in [0, 0.1) is 13.8 Å². The number of thiophene rings is 2. The van der Waals surface area contributed by atoms with Gasteiger partial charge in [0, 0.05) is 0 Å². The zero-order valence-electron chi connectivity index (χ0n) is 10.2. The van der Waals surface area contributed by atoms with Gasteiger partial charge in [0.2, 0.25) is 0 Å². The van der Waals surface area contributed by atoms with E-state index in [2.05, 4.69) is 79.8 Å². The molecule has 2 aromatic heterocycles. The van der Waals surface area contributed by atoms with Crippen molar-refractivity contribution in [2.24, 2.45) is 0 Å². The molecule has 0 N–H and O–H groups in total. The number of benzene rings is 1. The van der Waals surface area contributed by atoms with E-state index in [9.17, 15) is 0 Å². The first-order chi connectivity index (χ1) is 8.97. The molecule has 0 fully saturated rings. The fraction of sp³-hybridized carbons (Fsp3) is 0.143. The van der Waals surface area contributed by atoms with Gasteiger partial charge in [-0.1, -0.05) is 29.3 Å². The van der Waals surface area contributed by atoms with E-state index in [1.807, 2.05) is 11.3 Å². The maximum atomic E-state index is 3.76. The molecule has 0 amide bonds. The molecular weight excluding hydrogens is 472 g/mol. The summed E-state index contributed by atoms with van der Waals surface area (Å²) in [4.78, 5) is 1.31. The quantitative estimate of drug-likeness (QED) is 0.337. The zero-order chi connectivity index (χ0) is 13.7. The molecule has 0 saturated heterocycles. The lowest BCUT2D eigenvalue weighted by molar-refractivity contribution is 1.39. The minimum atomic E-state index is 1.15. The van der Waals surface area contributed by atoms with E-state index in [-0.39, 0.29) is 0 Å². The molecule has 3 aromatic rings. The maximum absolute atomic E-state index is 3.76. The molecule has 0 radical (unpaired) electrons. The molecule has 19 heavy (non-hydrogen) atoms. The number of rotatable bonds is 1. The summed E-state index contributed by atoms with van der Waals surface area (Å²) in [5.74, 6) is 0. The van der Waals surface area contributed by atoms with Crippen molar-refractivity contribution in [3.63, 3.8) is 0 Å². The van der Waals surface area contributed by atoms with Gasteiger partial charge in [0.25, 0.3) is 0 Å². The summed E-state index contributed by atoms with van der Waals surface area (Å²) in [7, 11) is 0. The molecule has 98 valence electrons. The van der Waals surface area contributed by atoms with Crippen molar-refractivity contribution < 1.29 is 0 Å². The molecule has 0 unspecified atom stereocenters. The summed E-state index contributed by atoms with van der Waals surface area (Å²) in [5, 5.41) is 0. The lowest BCUT2D eigenvalue weighted by atomic mass is 10.1. The molecule has 0 bridgehead atoms. The Bertz CT molecular complexity index is 763. The number of fused-ring (bicyclic) bond motifs is 1. The Hall–Kier alpha value is 0.320. The van der Waals surface area contributed by atoms with Crippen molar-refractivity contribution in [3.8, 4) is 10.4 Å². The van der Waals surface area contributed by atoms with E-state index in [4.69, 9.17) is 0 Å². The molecule has 5 heteroatoms. The van der Waals surface area contributed by atoms with Crippen LogP contribution in [0.4, 0.5) is 0 Å². The molecule has 0 aliphatic heterocycles. The molecule has 2 heterocycles. The molecule has 3 rings (SSSR count). The number of hydrogen-bond acceptors (Lipinski definition) is 2. The third kappa shape index (κ3) is 2.48. The van der Waals surface area contributed by atoms with Crippen LogP contribution in [-0.4, -0.2) is 0 Å². The minimum absolute atomic E-state index is 1.15. The van der Waals surface area contributed by atoms with Crippen molar-refractivity contribution in [2.75, 3.05) is 0 Å². The average molecular weight is 481 g/mol. The molecule has 0 atom stereocenters. The van der Waals surface area contributed by atoms with Gasteiger partial charge in [-0.2, -0.15) is 0 Å². The Balaban J connectivity index is 2.28. The molecule has 0 saturated carbocycles. The normalized spacial score (nSPS) is 11.4. The monoisotopic (exact) mass is 478 g/mol. The minimum Gasteiger partial charge on any atom is -0.132 e. The predicted octanol–water partition coefficient (Wildman–Crippen LogP) is 7.53.